The number of carbonyl (C=O) groups excluding carboxylic acids is 2. The number of aldehydes is 1. The summed E-state index contributed by atoms with van der Waals surface area (Å²) in [5.74, 6) is 1.00. The molecule has 200 valence electrons. The molecule has 0 aromatic carbocycles. The molecule has 5 saturated carbocycles. The van der Waals surface area contributed by atoms with Gasteiger partial charge in [0, 0.05) is 5.92 Å². The number of hydrogen-bond donors (Lipinski definition) is 1. The van der Waals surface area contributed by atoms with Gasteiger partial charge >= 0.3 is 5.97 Å². The minimum Gasteiger partial charge on any atom is -0.481 e. The Bertz CT molecular complexity index is 996. The van der Waals surface area contributed by atoms with Crippen molar-refractivity contribution in [1.82, 2.24) is 0 Å². The van der Waals surface area contributed by atoms with Gasteiger partial charge in [0.05, 0.1) is 5.41 Å². The fourth-order valence-corrected chi connectivity index (χ4v) is 12.1. The lowest BCUT2D eigenvalue weighted by atomic mass is 9.32. The molecule has 4 heteroatoms. The Balaban J connectivity index is 1.54. The molecule has 10 atom stereocenters. The van der Waals surface area contributed by atoms with E-state index in [9.17, 15) is 19.5 Å². The first-order valence-corrected chi connectivity index (χ1v) is 14.6. The lowest BCUT2D eigenvalue weighted by Crippen LogP contribution is -2.67. The molecule has 5 fully saturated rings. The summed E-state index contributed by atoms with van der Waals surface area (Å²) in [6.45, 7) is 18.5. The van der Waals surface area contributed by atoms with Crippen molar-refractivity contribution in [3.8, 4) is 0 Å². The first-order chi connectivity index (χ1) is 16.7. The summed E-state index contributed by atoms with van der Waals surface area (Å²) in [5, 5.41) is 10.5. The second-order valence-corrected chi connectivity index (χ2v) is 15.1. The summed E-state index contributed by atoms with van der Waals surface area (Å²) in [5.41, 5.74) is 0.847. The van der Waals surface area contributed by atoms with Gasteiger partial charge in [-0.1, -0.05) is 46.8 Å². The van der Waals surface area contributed by atoms with Crippen molar-refractivity contribution in [3.05, 3.63) is 12.2 Å². The van der Waals surface area contributed by atoms with Crippen LogP contribution in [-0.2, 0) is 14.4 Å². The maximum Gasteiger partial charge on any atom is 0.309 e. The molecule has 1 N–H and O–H groups in total. The summed E-state index contributed by atoms with van der Waals surface area (Å²) in [6.07, 6.45) is 10.5. The zero-order valence-corrected chi connectivity index (χ0v) is 23.5. The van der Waals surface area contributed by atoms with E-state index in [1.165, 1.54) is 5.57 Å². The van der Waals surface area contributed by atoms with E-state index in [4.69, 9.17) is 0 Å². The Labute approximate surface area is 218 Å². The number of rotatable bonds is 4. The molecule has 4 nitrogen and oxygen atoms in total. The maximum absolute atomic E-state index is 12.8. The van der Waals surface area contributed by atoms with Gasteiger partial charge in [0.1, 0.15) is 0 Å². The number of fused-ring (bicyclic) bond motifs is 7. The molecule has 0 radical (unpaired) electrons. The highest BCUT2D eigenvalue weighted by atomic mass is 16.4. The second kappa shape index (κ2) is 8.03. The highest BCUT2D eigenvalue weighted by Gasteiger charge is 2.72. The van der Waals surface area contributed by atoms with Crippen molar-refractivity contribution in [2.75, 3.05) is 0 Å². The van der Waals surface area contributed by atoms with Gasteiger partial charge in [-0.3, -0.25) is 14.4 Å². The summed E-state index contributed by atoms with van der Waals surface area (Å²) in [4.78, 5) is 36.9. The van der Waals surface area contributed by atoms with Crippen LogP contribution in [0.2, 0.25) is 0 Å². The van der Waals surface area contributed by atoms with Crippen LogP contribution < -0.4 is 0 Å². The molecule has 0 saturated heterocycles. The molecule has 0 aromatic heterocycles. The van der Waals surface area contributed by atoms with Crippen LogP contribution in [0.1, 0.15) is 106 Å². The molecule has 0 aromatic rings. The number of Topliss-reactive ketones (excluding diaryl/α,β-unsaturated/α-hetero) is 1. The summed E-state index contributed by atoms with van der Waals surface area (Å²) in [7, 11) is 0. The predicted octanol–water partition coefficient (Wildman–Crippen LogP) is 7.11. The van der Waals surface area contributed by atoms with E-state index < -0.39 is 11.4 Å². The number of carboxylic acids is 1. The maximum atomic E-state index is 12.8. The van der Waals surface area contributed by atoms with Crippen molar-refractivity contribution in [2.24, 2.45) is 62.6 Å². The lowest BCUT2D eigenvalue weighted by Gasteiger charge is -2.72. The Morgan fingerprint density at radius 1 is 0.833 bits per heavy atom. The van der Waals surface area contributed by atoms with E-state index in [0.717, 1.165) is 64.2 Å². The van der Waals surface area contributed by atoms with Gasteiger partial charge < -0.3 is 5.11 Å². The van der Waals surface area contributed by atoms with Crippen LogP contribution in [0.5, 0.6) is 0 Å². The molecule has 5 aliphatic carbocycles. The van der Waals surface area contributed by atoms with Crippen molar-refractivity contribution >= 4 is 18.0 Å². The predicted molar refractivity (Wildman–Crippen MR) is 141 cm³/mol. The van der Waals surface area contributed by atoms with Gasteiger partial charge in [-0.05, 0) is 122 Å². The van der Waals surface area contributed by atoms with Gasteiger partial charge in [-0.15, -0.1) is 0 Å². The molecule has 36 heavy (non-hydrogen) atoms. The highest BCUT2D eigenvalue weighted by molar-refractivity contribution is 6.26. The third-order valence-corrected chi connectivity index (χ3v) is 14.0. The quantitative estimate of drug-likeness (QED) is 0.256. The minimum absolute atomic E-state index is 0.116. The van der Waals surface area contributed by atoms with Crippen LogP contribution in [0, 0.1) is 62.6 Å². The van der Waals surface area contributed by atoms with E-state index in [1.807, 2.05) is 0 Å². The van der Waals surface area contributed by atoms with Crippen LogP contribution in [0.25, 0.3) is 0 Å². The highest BCUT2D eigenvalue weighted by Crippen LogP contribution is 2.77. The fourth-order valence-electron chi connectivity index (χ4n) is 12.1. The molecule has 0 spiro atoms. The normalized spacial score (nSPS) is 51.2. The van der Waals surface area contributed by atoms with E-state index in [0.29, 0.717) is 30.0 Å². The zero-order chi connectivity index (χ0) is 26.5. The number of carbonyl (C=O) groups is 3. The Hall–Kier alpha value is -1.45. The topological polar surface area (TPSA) is 71.4 Å². The Kier molecular flexibility index (Phi) is 5.83. The lowest BCUT2D eigenvalue weighted by molar-refractivity contribution is -0.242. The number of aliphatic carboxylic acids is 1. The van der Waals surface area contributed by atoms with E-state index in [2.05, 4.69) is 48.1 Å². The van der Waals surface area contributed by atoms with Gasteiger partial charge in [0.15, 0.2) is 12.1 Å². The van der Waals surface area contributed by atoms with Crippen LogP contribution in [-0.4, -0.2) is 23.1 Å². The zero-order valence-electron chi connectivity index (χ0n) is 23.5. The van der Waals surface area contributed by atoms with E-state index >= 15 is 0 Å². The first kappa shape index (κ1) is 26.2. The van der Waals surface area contributed by atoms with Gasteiger partial charge in [0.2, 0.25) is 0 Å². The Morgan fingerprint density at radius 2 is 1.53 bits per heavy atom. The van der Waals surface area contributed by atoms with Crippen LogP contribution in [0.4, 0.5) is 0 Å². The molecule has 5 aliphatic rings. The fraction of sp³-hybridized carbons (Fsp3) is 0.844. The SMILES string of the molecule is C=C(C)C1CCC2(C(=O)O)CC[C@]3(C)C(CCC4[C@@]5(C)CCC(C(=O)C=O)C(C)(C)C5CC[C@]43C)C12. The average molecular weight is 497 g/mol. The molecular weight excluding hydrogens is 448 g/mol. The third-order valence-electron chi connectivity index (χ3n) is 14.0. The standard InChI is InChI=1S/C32H48O4/c1-19(2)20-10-15-32(27(35)36)17-16-30(6)22(26(20)32)8-9-25-29(5)13-11-21(23(34)18-33)28(3,4)24(29)12-14-31(25,30)7/h18,20-22,24-26H,1,8-17H2,2-7H3,(H,35,36)/t20?,21?,22?,24?,25?,26?,29-,30+,31+,32?/m0/s1. The Morgan fingerprint density at radius 3 is 2.14 bits per heavy atom. The van der Waals surface area contributed by atoms with Crippen LogP contribution in [0.3, 0.4) is 0 Å². The molecule has 5 rings (SSSR count). The monoisotopic (exact) mass is 496 g/mol. The van der Waals surface area contributed by atoms with Gasteiger partial charge in [-0.25, -0.2) is 0 Å². The molecular formula is C32H48O4. The number of allylic oxidation sites excluding steroid dienone is 1. The molecule has 0 amide bonds. The van der Waals surface area contributed by atoms with Crippen molar-refractivity contribution < 1.29 is 19.5 Å². The van der Waals surface area contributed by atoms with Crippen molar-refractivity contribution in [1.29, 1.82) is 0 Å². The van der Waals surface area contributed by atoms with Crippen LogP contribution >= 0.6 is 0 Å². The number of carboxylic acid groups (broad SMARTS) is 1. The number of hydrogen-bond acceptors (Lipinski definition) is 3. The average Bonchev–Trinajstić information content (AvgIpc) is 3.20. The van der Waals surface area contributed by atoms with Crippen molar-refractivity contribution in [3.63, 3.8) is 0 Å². The second-order valence-electron chi connectivity index (χ2n) is 15.1. The first-order valence-electron chi connectivity index (χ1n) is 14.6. The smallest absolute Gasteiger partial charge is 0.309 e. The van der Waals surface area contributed by atoms with Crippen LogP contribution in [0.15, 0.2) is 12.2 Å². The molecule has 0 bridgehead atoms. The third kappa shape index (κ3) is 3.02. The van der Waals surface area contributed by atoms with Gasteiger partial charge in [-0.2, -0.15) is 0 Å². The summed E-state index contributed by atoms with van der Waals surface area (Å²) >= 11 is 0. The molecule has 0 heterocycles. The van der Waals surface area contributed by atoms with E-state index in [1.54, 1.807) is 0 Å². The minimum atomic E-state index is -0.576. The molecule has 7 unspecified atom stereocenters. The molecule has 0 aliphatic heterocycles. The summed E-state index contributed by atoms with van der Waals surface area (Å²) < 4.78 is 0. The largest absolute Gasteiger partial charge is 0.481 e. The summed E-state index contributed by atoms with van der Waals surface area (Å²) in [6, 6.07) is 0. The van der Waals surface area contributed by atoms with Crippen molar-refractivity contribution in [2.45, 2.75) is 106 Å². The van der Waals surface area contributed by atoms with E-state index in [-0.39, 0.29) is 39.3 Å². The van der Waals surface area contributed by atoms with Gasteiger partial charge in [0.25, 0.3) is 0 Å². The number of ketones is 1.